The van der Waals surface area contributed by atoms with Crippen LogP contribution in [0.1, 0.15) is 12.5 Å². The fourth-order valence-electron chi connectivity index (χ4n) is 5.20. The Labute approximate surface area is 213 Å². The number of rotatable bonds is 4. The van der Waals surface area contributed by atoms with Gasteiger partial charge in [0.1, 0.15) is 11.6 Å². The molecule has 1 amide bonds. The van der Waals surface area contributed by atoms with E-state index < -0.39 is 0 Å². The van der Waals surface area contributed by atoms with E-state index in [4.69, 9.17) is 4.74 Å². The molecule has 0 aliphatic carbocycles. The molecule has 0 unspecified atom stereocenters. The van der Waals surface area contributed by atoms with Gasteiger partial charge in [0, 0.05) is 54.4 Å². The number of ether oxygens (including phenoxy) is 1. The topological polar surface area (TPSA) is 67.7 Å². The van der Waals surface area contributed by atoms with Crippen LogP contribution in [0.25, 0.3) is 22.0 Å². The van der Waals surface area contributed by atoms with Crippen molar-refractivity contribution in [3.05, 3.63) is 64.9 Å². The molecule has 1 fully saturated rings. The fourth-order valence-corrected chi connectivity index (χ4v) is 6.58. The van der Waals surface area contributed by atoms with Crippen molar-refractivity contribution in [2.75, 3.05) is 37.4 Å². The number of carbonyl (C=O) groups excluding carboxylic acids is 1. The molecule has 0 spiro atoms. The van der Waals surface area contributed by atoms with Crippen molar-refractivity contribution in [1.82, 2.24) is 14.5 Å². The van der Waals surface area contributed by atoms with Crippen LogP contribution in [0.5, 0.6) is 0 Å². The molecule has 36 heavy (non-hydrogen) atoms. The summed E-state index contributed by atoms with van der Waals surface area (Å²) in [7, 11) is 1.66. The maximum Gasteiger partial charge on any atom is 0.350 e. The number of hydrogen-bond donors (Lipinski definition) is 0. The standard InChI is InChI=1S/C27H29FN4O3S/c1-5-22(33)30-10-11-31(17(3)13-30)26-21-12-16(2)23(18-6-8-19(28)9-7-18)25-24(21)32(27(34)29-26)14-20(35-4)15-36-25/h5-9,12,17,20H,1,10-11,13-15H2,2-4H3/t17-,20-/m0/s1. The molecule has 1 aromatic heterocycles. The molecule has 9 heteroatoms. The molecule has 7 nitrogen and oxygen atoms in total. The number of carbonyl (C=O) groups is 1. The van der Waals surface area contributed by atoms with Gasteiger partial charge in [-0.15, -0.1) is 11.8 Å². The number of hydrogen-bond acceptors (Lipinski definition) is 6. The van der Waals surface area contributed by atoms with Gasteiger partial charge in [-0.25, -0.2) is 9.18 Å². The highest BCUT2D eigenvalue weighted by molar-refractivity contribution is 7.99. The Kier molecular flexibility index (Phi) is 6.61. The average molecular weight is 509 g/mol. The van der Waals surface area contributed by atoms with E-state index in [2.05, 4.69) is 22.5 Å². The summed E-state index contributed by atoms with van der Waals surface area (Å²) in [6, 6.07) is 8.53. The van der Waals surface area contributed by atoms with Crippen LogP contribution in [0.15, 0.2) is 52.7 Å². The van der Waals surface area contributed by atoms with E-state index >= 15 is 0 Å². The first kappa shape index (κ1) is 24.5. The molecular formula is C27H29FN4O3S. The number of aromatic nitrogens is 2. The van der Waals surface area contributed by atoms with E-state index in [0.29, 0.717) is 37.7 Å². The molecule has 0 bridgehead atoms. The van der Waals surface area contributed by atoms with Crippen LogP contribution < -0.4 is 10.6 Å². The Bertz CT molecular complexity index is 1410. The lowest BCUT2D eigenvalue weighted by Gasteiger charge is -2.40. The minimum absolute atomic E-state index is 0.0290. The largest absolute Gasteiger partial charge is 0.379 e. The molecule has 1 saturated heterocycles. The molecule has 0 saturated carbocycles. The minimum atomic E-state index is -0.325. The number of amides is 1. The van der Waals surface area contributed by atoms with E-state index in [0.717, 1.165) is 32.5 Å². The van der Waals surface area contributed by atoms with Gasteiger partial charge in [0.15, 0.2) is 0 Å². The van der Waals surface area contributed by atoms with E-state index in [1.807, 2.05) is 13.8 Å². The number of anilines is 1. The van der Waals surface area contributed by atoms with Crippen molar-refractivity contribution >= 4 is 34.4 Å². The molecule has 3 aromatic rings. The van der Waals surface area contributed by atoms with Crippen LogP contribution in [0.4, 0.5) is 10.2 Å². The third-order valence-corrected chi connectivity index (χ3v) is 8.27. The van der Waals surface area contributed by atoms with Crippen molar-refractivity contribution in [1.29, 1.82) is 0 Å². The van der Waals surface area contributed by atoms with E-state index in [9.17, 15) is 14.0 Å². The van der Waals surface area contributed by atoms with Gasteiger partial charge in [-0.3, -0.25) is 9.36 Å². The van der Waals surface area contributed by atoms with Gasteiger partial charge >= 0.3 is 5.69 Å². The second-order valence-corrected chi connectivity index (χ2v) is 10.4. The Balaban J connectivity index is 1.73. The third kappa shape index (κ3) is 4.20. The molecule has 5 rings (SSSR count). The van der Waals surface area contributed by atoms with E-state index in [1.165, 1.54) is 18.2 Å². The van der Waals surface area contributed by atoms with Crippen molar-refractivity contribution in [2.45, 2.75) is 37.4 Å². The number of piperazine rings is 1. The first-order chi connectivity index (χ1) is 17.3. The van der Waals surface area contributed by atoms with Crippen molar-refractivity contribution in [3.8, 4) is 11.1 Å². The number of halogens is 1. The van der Waals surface area contributed by atoms with Gasteiger partial charge in [-0.2, -0.15) is 4.98 Å². The number of methoxy groups -OCH3 is 1. The first-order valence-corrected chi connectivity index (χ1v) is 13.0. The second-order valence-electron chi connectivity index (χ2n) is 9.33. The normalized spacial score (nSPS) is 19.9. The molecule has 2 atom stereocenters. The highest BCUT2D eigenvalue weighted by atomic mass is 32.2. The van der Waals surface area contributed by atoms with Crippen molar-refractivity contribution in [3.63, 3.8) is 0 Å². The van der Waals surface area contributed by atoms with Crippen LogP contribution in [0, 0.1) is 12.7 Å². The van der Waals surface area contributed by atoms with Crippen molar-refractivity contribution in [2.24, 2.45) is 0 Å². The highest BCUT2D eigenvalue weighted by Gasteiger charge is 2.31. The van der Waals surface area contributed by atoms with Crippen LogP contribution >= 0.6 is 11.8 Å². The van der Waals surface area contributed by atoms with E-state index in [1.54, 1.807) is 40.5 Å². The Morgan fingerprint density at radius 1 is 1.25 bits per heavy atom. The summed E-state index contributed by atoms with van der Waals surface area (Å²) in [5.74, 6) is 0.931. The van der Waals surface area contributed by atoms with Crippen molar-refractivity contribution < 1.29 is 13.9 Å². The molecular weight excluding hydrogens is 479 g/mol. The van der Waals surface area contributed by atoms with Gasteiger partial charge in [0.2, 0.25) is 5.91 Å². The predicted octanol–water partition coefficient (Wildman–Crippen LogP) is 3.85. The summed E-state index contributed by atoms with van der Waals surface area (Å²) in [6.07, 6.45) is 1.19. The van der Waals surface area contributed by atoms with Gasteiger partial charge in [-0.05, 0) is 49.2 Å². The van der Waals surface area contributed by atoms with Crippen LogP contribution in [-0.2, 0) is 16.1 Å². The van der Waals surface area contributed by atoms with Gasteiger partial charge in [0.05, 0.1) is 18.2 Å². The summed E-state index contributed by atoms with van der Waals surface area (Å²) in [4.78, 5) is 35.1. The Hall–Kier alpha value is -3.17. The van der Waals surface area contributed by atoms with Gasteiger partial charge < -0.3 is 14.5 Å². The summed E-state index contributed by atoms with van der Waals surface area (Å²) < 4.78 is 21.1. The second kappa shape index (κ2) is 9.71. The summed E-state index contributed by atoms with van der Waals surface area (Å²) >= 11 is 1.66. The third-order valence-electron chi connectivity index (χ3n) is 7.05. The Morgan fingerprint density at radius 2 is 2.00 bits per heavy atom. The molecule has 188 valence electrons. The zero-order valence-electron chi connectivity index (χ0n) is 20.7. The lowest BCUT2D eigenvalue weighted by molar-refractivity contribution is -0.126. The summed E-state index contributed by atoms with van der Waals surface area (Å²) in [6.45, 7) is 9.70. The molecule has 0 radical (unpaired) electrons. The number of thioether (sulfide) groups is 1. The monoisotopic (exact) mass is 508 g/mol. The molecule has 2 aromatic carbocycles. The van der Waals surface area contributed by atoms with Crippen LogP contribution in [0.3, 0.4) is 0 Å². The minimum Gasteiger partial charge on any atom is -0.379 e. The zero-order valence-corrected chi connectivity index (χ0v) is 21.5. The maximum atomic E-state index is 13.7. The number of aryl methyl sites for hydroxylation is 1. The SMILES string of the molecule is C=CC(=O)N1CCN(c2nc(=O)n3c4c(c(-c5ccc(F)cc5)c(C)cc24)SC[C@@H](OC)C3)[C@@H](C)C1. The number of benzene rings is 2. The smallest absolute Gasteiger partial charge is 0.350 e. The number of nitrogens with zero attached hydrogens (tertiary/aromatic N) is 4. The van der Waals surface area contributed by atoms with Gasteiger partial charge in [-0.1, -0.05) is 18.7 Å². The molecule has 2 aliphatic heterocycles. The highest BCUT2D eigenvalue weighted by Crippen LogP contribution is 2.43. The van der Waals surface area contributed by atoms with Crippen LogP contribution in [-0.4, -0.2) is 65.0 Å². The lowest BCUT2D eigenvalue weighted by Crippen LogP contribution is -2.54. The van der Waals surface area contributed by atoms with E-state index in [-0.39, 0.29) is 29.6 Å². The quantitative estimate of drug-likeness (QED) is 0.499. The first-order valence-electron chi connectivity index (χ1n) is 12.0. The Morgan fingerprint density at radius 3 is 2.67 bits per heavy atom. The molecule has 3 heterocycles. The summed E-state index contributed by atoms with van der Waals surface area (Å²) in [5.41, 5.74) is 3.42. The summed E-state index contributed by atoms with van der Waals surface area (Å²) in [5, 5.41) is 0.896. The van der Waals surface area contributed by atoms with Crippen LogP contribution in [0.2, 0.25) is 0 Å². The maximum absolute atomic E-state index is 13.7. The zero-order chi connectivity index (χ0) is 25.6. The fraction of sp³-hybridized carbons (Fsp3) is 0.370. The average Bonchev–Trinajstić information content (AvgIpc) is 3.07. The molecule has 2 aliphatic rings. The molecule has 0 N–H and O–H groups in total. The predicted molar refractivity (Wildman–Crippen MR) is 141 cm³/mol. The van der Waals surface area contributed by atoms with Gasteiger partial charge in [0.25, 0.3) is 0 Å². The lowest BCUT2D eigenvalue weighted by atomic mass is 9.97.